The molecule has 0 aromatic rings. The monoisotopic (exact) mass is 214 g/mol. The van der Waals surface area contributed by atoms with Crippen molar-refractivity contribution in [1.29, 1.82) is 0 Å². The molecule has 0 nitrogen and oxygen atoms in total. The summed E-state index contributed by atoms with van der Waals surface area (Å²) < 4.78 is 0. The Hall–Kier alpha value is -1.04. The van der Waals surface area contributed by atoms with Gasteiger partial charge in [0.25, 0.3) is 0 Å². The van der Waals surface area contributed by atoms with E-state index in [1.54, 1.807) is 11.1 Å². The lowest BCUT2D eigenvalue weighted by Crippen LogP contribution is -2.36. The molecular weight excluding hydrogens is 192 g/mol. The van der Waals surface area contributed by atoms with Crippen LogP contribution in [-0.4, -0.2) is 0 Å². The van der Waals surface area contributed by atoms with Gasteiger partial charge in [-0.2, -0.15) is 0 Å². The van der Waals surface area contributed by atoms with Gasteiger partial charge in [0, 0.05) is 5.41 Å². The minimum atomic E-state index is 0.194. The lowest BCUT2D eigenvalue weighted by Gasteiger charge is -2.45. The maximum atomic E-state index is 2.41. The molecule has 0 heterocycles. The zero-order valence-electron chi connectivity index (χ0n) is 10.9. The average Bonchev–Trinajstić information content (AvgIpc) is 2.88. The molecule has 0 aliphatic heterocycles. The highest BCUT2D eigenvalue weighted by Gasteiger charge is 2.43. The fourth-order valence-corrected chi connectivity index (χ4v) is 2.81. The average molecular weight is 214 g/mol. The van der Waals surface area contributed by atoms with Crippen LogP contribution in [-0.2, 0) is 0 Å². The van der Waals surface area contributed by atoms with Crippen LogP contribution in [0.4, 0.5) is 0 Å². The fourth-order valence-electron chi connectivity index (χ4n) is 2.81. The van der Waals surface area contributed by atoms with E-state index in [0.717, 1.165) is 12.8 Å². The van der Waals surface area contributed by atoms with Crippen LogP contribution in [0.5, 0.6) is 0 Å². The molecule has 0 bridgehead atoms. The summed E-state index contributed by atoms with van der Waals surface area (Å²) in [6, 6.07) is 0. The third-order valence-corrected chi connectivity index (χ3v) is 4.33. The molecule has 2 aliphatic rings. The van der Waals surface area contributed by atoms with E-state index in [9.17, 15) is 0 Å². The highest BCUT2D eigenvalue weighted by molar-refractivity contribution is 5.42. The Labute approximate surface area is 99.4 Å². The van der Waals surface area contributed by atoms with E-state index in [2.05, 4.69) is 64.2 Å². The molecule has 0 amide bonds. The summed E-state index contributed by atoms with van der Waals surface area (Å²) in [4.78, 5) is 0. The van der Waals surface area contributed by atoms with Crippen LogP contribution in [0.15, 0.2) is 47.6 Å². The predicted octanol–water partition coefficient (Wildman–Crippen LogP) is 4.81. The highest BCUT2D eigenvalue weighted by atomic mass is 14.5. The van der Waals surface area contributed by atoms with Gasteiger partial charge in [-0.25, -0.2) is 0 Å². The van der Waals surface area contributed by atoms with Gasteiger partial charge < -0.3 is 0 Å². The minimum Gasteiger partial charge on any atom is -0.0804 e. The molecule has 2 aliphatic carbocycles. The van der Waals surface area contributed by atoms with Crippen molar-refractivity contribution < 1.29 is 0 Å². The maximum Gasteiger partial charge on any atom is 0.0153 e. The van der Waals surface area contributed by atoms with Crippen LogP contribution < -0.4 is 0 Å². The Morgan fingerprint density at radius 3 is 1.50 bits per heavy atom. The first-order chi connectivity index (χ1) is 7.46. The third kappa shape index (κ3) is 1.61. The van der Waals surface area contributed by atoms with E-state index in [0.29, 0.717) is 0 Å². The maximum absolute atomic E-state index is 2.41. The first-order valence-corrected chi connectivity index (χ1v) is 6.18. The summed E-state index contributed by atoms with van der Waals surface area (Å²) in [5, 5.41) is 0. The molecule has 0 fully saturated rings. The first kappa shape index (κ1) is 11.4. The van der Waals surface area contributed by atoms with Crippen LogP contribution >= 0.6 is 0 Å². The van der Waals surface area contributed by atoms with Crippen molar-refractivity contribution in [3.63, 3.8) is 0 Å². The Balaban J connectivity index is 2.41. The Kier molecular flexibility index (Phi) is 2.69. The molecule has 0 aromatic heterocycles. The van der Waals surface area contributed by atoms with Crippen molar-refractivity contribution in [1.82, 2.24) is 0 Å². The van der Waals surface area contributed by atoms with Gasteiger partial charge in [-0.15, -0.1) is 0 Å². The molecule has 2 rings (SSSR count). The summed E-state index contributed by atoms with van der Waals surface area (Å²) in [7, 11) is 0. The molecule has 0 spiro atoms. The van der Waals surface area contributed by atoms with Gasteiger partial charge in [-0.1, -0.05) is 75.3 Å². The van der Waals surface area contributed by atoms with E-state index in [-0.39, 0.29) is 10.8 Å². The lowest BCUT2D eigenvalue weighted by atomic mass is 9.59. The number of rotatable bonds is 2. The summed E-state index contributed by atoms with van der Waals surface area (Å²) in [6.45, 7) is 9.46. The Morgan fingerprint density at radius 1 is 0.812 bits per heavy atom. The standard InChI is InChI=1S/C16H22/c1-15(2,3)16(4,13-9-5-6-10-13)14-11-7-8-12-14/h5-9,11H,10,12H2,1-4H3. The van der Waals surface area contributed by atoms with Crippen LogP contribution in [0, 0.1) is 10.8 Å². The van der Waals surface area contributed by atoms with Gasteiger partial charge in [0.1, 0.15) is 0 Å². The highest BCUT2D eigenvalue weighted by Crippen LogP contribution is 2.53. The van der Waals surface area contributed by atoms with Gasteiger partial charge in [-0.05, 0) is 18.3 Å². The lowest BCUT2D eigenvalue weighted by molar-refractivity contribution is 0.193. The predicted molar refractivity (Wildman–Crippen MR) is 71.2 cm³/mol. The number of allylic oxidation sites excluding steroid dienone is 8. The second kappa shape index (κ2) is 3.76. The van der Waals surface area contributed by atoms with Crippen LogP contribution in [0.1, 0.15) is 40.5 Å². The molecule has 0 unspecified atom stereocenters. The van der Waals surface area contributed by atoms with E-state index in [4.69, 9.17) is 0 Å². The second-order valence-corrected chi connectivity index (χ2v) is 6.02. The van der Waals surface area contributed by atoms with Gasteiger partial charge in [0.05, 0.1) is 0 Å². The Bertz CT molecular complexity index is 364. The molecular formula is C16H22. The third-order valence-electron chi connectivity index (χ3n) is 4.33. The molecule has 0 aromatic carbocycles. The number of hydrogen-bond acceptors (Lipinski definition) is 0. The van der Waals surface area contributed by atoms with E-state index < -0.39 is 0 Å². The molecule has 0 saturated heterocycles. The van der Waals surface area contributed by atoms with Gasteiger partial charge in [-0.3, -0.25) is 0 Å². The van der Waals surface area contributed by atoms with E-state index >= 15 is 0 Å². The van der Waals surface area contributed by atoms with Crippen LogP contribution in [0.25, 0.3) is 0 Å². The number of hydrogen-bond donors (Lipinski definition) is 0. The van der Waals surface area contributed by atoms with Crippen molar-refractivity contribution >= 4 is 0 Å². The van der Waals surface area contributed by atoms with E-state index in [1.807, 2.05) is 0 Å². The molecule has 0 radical (unpaired) electrons. The zero-order valence-corrected chi connectivity index (χ0v) is 10.9. The van der Waals surface area contributed by atoms with Crippen molar-refractivity contribution in [3.05, 3.63) is 47.6 Å². The van der Waals surface area contributed by atoms with Crippen LogP contribution in [0.3, 0.4) is 0 Å². The summed E-state index contributed by atoms with van der Waals surface area (Å²) >= 11 is 0. The second-order valence-electron chi connectivity index (χ2n) is 6.02. The Morgan fingerprint density at radius 2 is 1.25 bits per heavy atom. The van der Waals surface area contributed by atoms with Gasteiger partial charge in [0.15, 0.2) is 0 Å². The van der Waals surface area contributed by atoms with Gasteiger partial charge >= 0.3 is 0 Å². The molecule has 0 saturated carbocycles. The molecule has 86 valence electrons. The topological polar surface area (TPSA) is 0 Å². The van der Waals surface area contributed by atoms with Crippen LogP contribution in [0.2, 0.25) is 0 Å². The van der Waals surface area contributed by atoms with E-state index in [1.165, 1.54) is 0 Å². The normalized spacial score (nSPS) is 20.2. The largest absolute Gasteiger partial charge is 0.0804 e. The van der Waals surface area contributed by atoms with Crippen molar-refractivity contribution in [2.24, 2.45) is 10.8 Å². The SMILES string of the molecule is CC(C)(C)C(C)(C1=CC=CC1)C1=CC=CC1. The first-order valence-electron chi connectivity index (χ1n) is 6.18. The quantitative estimate of drug-likeness (QED) is 0.618. The summed E-state index contributed by atoms with van der Waals surface area (Å²) in [5.74, 6) is 0. The van der Waals surface area contributed by atoms with Gasteiger partial charge in [0.2, 0.25) is 0 Å². The van der Waals surface area contributed by atoms with Crippen molar-refractivity contribution in [3.8, 4) is 0 Å². The summed E-state index contributed by atoms with van der Waals surface area (Å²) in [5.41, 5.74) is 3.59. The molecule has 0 atom stereocenters. The van der Waals surface area contributed by atoms with Crippen molar-refractivity contribution in [2.45, 2.75) is 40.5 Å². The van der Waals surface area contributed by atoms with Crippen molar-refractivity contribution in [2.75, 3.05) is 0 Å². The summed E-state index contributed by atoms with van der Waals surface area (Å²) in [6.07, 6.45) is 15.8. The molecule has 0 N–H and O–H groups in total. The minimum absolute atomic E-state index is 0.194. The fraction of sp³-hybridized carbons (Fsp3) is 0.500. The smallest absolute Gasteiger partial charge is 0.0153 e. The molecule has 16 heavy (non-hydrogen) atoms. The zero-order chi connectivity index (χ0) is 11.8. The molecule has 0 heteroatoms.